The van der Waals surface area contributed by atoms with Crippen molar-refractivity contribution in [3.05, 3.63) is 0 Å². The Balaban J connectivity index is 2.31. The molecule has 0 radical (unpaired) electrons. The molecule has 0 aliphatic carbocycles. The summed E-state index contributed by atoms with van der Waals surface area (Å²) in [5.74, 6) is 0.282. The van der Waals surface area contributed by atoms with Crippen molar-refractivity contribution in [1.29, 1.82) is 0 Å². The normalized spacial score (nSPS) is 21.4. The standard InChI is InChI=1S/C10H20N2O/c1-3-11-5-4-6-12(8-7-11)9-10(2)13/h3-9H2,1-2H3. The van der Waals surface area contributed by atoms with Gasteiger partial charge in [-0.3, -0.25) is 9.69 Å². The van der Waals surface area contributed by atoms with Crippen LogP contribution >= 0.6 is 0 Å². The molecule has 3 heteroatoms. The first-order chi connectivity index (χ1) is 6.22. The van der Waals surface area contributed by atoms with Gasteiger partial charge in [0.15, 0.2) is 0 Å². The Hall–Kier alpha value is -0.410. The van der Waals surface area contributed by atoms with Crippen molar-refractivity contribution in [2.75, 3.05) is 39.3 Å². The molecule has 0 bridgehead atoms. The maximum absolute atomic E-state index is 10.9. The summed E-state index contributed by atoms with van der Waals surface area (Å²) in [6.07, 6.45) is 1.20. The van der Waals surface area contributed by atoms with Crippen molar-refractivity contribution < 1.29 is 4.79 Å². The van der Waals surface area contributed by atoms with E-state index in [9.17, 15) is 4.79 Å². The molecule has 0 saturated carbocycles. The molecule has 3 nitrogen and oxygen atoms in total. The lowest BCUT2D eigenvalue weighted by Crippen LogP contribution is -2.33. The fraction of sp³-hybridized carbons (Fsp3) is 0.900. The summed E-state index contributed by atoms with van der Waals surface area (Å²) in [5, 5.41) is 0. The number of carbonyl (C=O) groups is 1. The quantitative estimate of drug-likeness (QED) is 0.642. The molecule has 0 N–H and O–H groups in total. The van der Waals surface area contributed by atoms with Gasteiger partial charge in [0.05, 0.1) is 6.54 Å². The molecular formula is C10H20N2O. The van der Waals surface area contributed by atoms with Crippen molar-refractivity contribution in [3.8, 4) is 0 Å². The number of ketones is 1. The molecule has 1 fully saturated rings. The number of nitrogens with zero attached hydrogens (tertiary/aromatic N) is 2. The number of Topliss-reactive ketones (excluding diaryl/α,β-unsaturated/α-hetero) is 1. The fourth-order valence-corrected chi connectivity index (χ4v) is 1.81. The highest BCUT2D eigenvalue weighted by atomic mass is 16.1. The largest absolute Gasteiger partial charge is 0.302 e. The molecule has 1 saturated heterocycles. The predicted molar refractivity (Wildman–Crippen MR) is 53.9 cm³/mol. The summed E-state index contributed by atoms with van der Waals surface area (Å²) in [4.78, 5) is 15.6. The second-order valence-corrected chi connectivity index (χ2v) is 3.77. The molecule has 0 unspecified atom stereocenters. The first-order valence-electron chi connectivity index (χ1n) is 5.16. The van der Waals surface area contributed by atoms with Crippen LogP contribution in [0.2, 0.25) is 0 Å². The van der Waals surface area contributed by atoms with Crippen LogP contribution in [-0.2, 0) is 4.79 Å². The Morgan fingerprint density at radius 1 is 1.15 bits per heavy atom. The number of rotatable bonds is 3. The summed E-state index contributed by atoms with van der Waals surface area (Å²) in [7, 11) is 0. The Morgan fingerprint density at radius 2 is 1.77 bits per heavy atom. The van der Waals surface area contributed by atoms with Gasteiger partial charge in [-0.25, -0.2) is 0 Å². The minimum atomic E-state index is 0.282. The van der Waals surface area contributed by atoms with Crippen LogP contribution in [0.25, 0.3) is 0 Å². The van der Waals surface area contributed by atoms with Crippen molar-refractivity contribution >= 4 is 5.78 Å². The summed E-state index contributed by atoms with van der Waals surface area (Å²) >= 11 is 0. The smallest absolute Gasteiger partial charge is 0.143 e. The molecule has 1 heterocycles. The third kappa shape index (κ3) is 3.87. The zero-order valence-electron chi connectivity index (χ0n) is 8.75. The lowest BCUT2D eigenvalue weighted by molar-refractivity contribution is -0.118. The number of hydrogen-bond donors (Lipinski definition) is 0. The number of carbonyl (C=O) groups excluding carboxylic acids is 1. The van der Waals surface area contributed by atoms with Gasteiger partial charge in [0.25, 0.3) is 0 Å². The highest BCUT2D eigenvalue weighted by molar-refractivity contribution is 5.77. The molecule has 76 valence electrons. The molecular weight excluding hydrogens is 164 g/mol. The van der Waals surface area contributed by atoms with E-state index in [1.165, 1.54) is 13.0 Å². The van der Waals surface area contributed by atoms with Crippen LogP contribution in [0.5, 0.6) is 0 Å². The highest BCUT2D eigenvalue weighted by Gasteiger charge is 2.13. The predicted octanol–water partition coefficient (Wildman–Crippen LogP) is 0.603. The number of hydrogen-bond acceptors (Lipinski definition) is 3. The van der Waals surface area contributed by atoms with Crippen LogP contribution in [0, 0.1) is 0 Å². The van der Waals surface area contributed by atoms with Crippen molar-refractivity contribution in [1.82, 2.24) is 9.80 Å². The Morgan fingerprint density at radius 3 is 2.38 bits per heavy atom. The van der Waals surface area contributed by atoms with Gasteiger partial charge < -0.3 is 4.90 Å². The van der Waals surface area contributed by atoms with Gasteiger partial charge in [0.1, 0.15) is 5.78 Å². The lowest BCUT2D eigenvalue weighted by Gasteiger charge is -2.19. The summed E-state index contributed by atoms with van der Waals surface area (Å²) in [5.41, 5.74) is 0. The monoisotopic (exact) mass is 184 g/mol. The lowest BCUT2D eigenvalue weighted by atomic mass is 10.3. The maximum Gasteiger partial charge on any atom is 0.143 e. The second-order valence-electron chi connectivity index (χ2n) is 3.77. The van der Waals surface area contributed by atoms with Gasteiger partial charge in [0, 0.05) is 13.1 Å². The van der Waals surface area contributed by atoms with E-state index >= 15 is 0 Å². The first kappa shape index (κ1) is 10.7. The molecule has 0 atom stereocenters. The van der Waals surface area contributed by atoms with Crippen LogP contribution < -0.4 is 0 Å². The SMILES string of the molecule is CCN1CCCN(CC(C)=O)CC1. The van der Waals surface area contributed by atoms with E-state index in [2.05, 4.69) is 16.7 Å². The molecule has 0 amide bonds. The average molecular weight is 184 g/mol. The minimum Gasteiger partial charge on any atom is -0.302 e. The molecule has 1 rings (SSSR count). The Labute approximate surface area is 80.7 Å². The Bertz CT molecular complexity index is 170. The molecule has 1 aliphatic rings. The van der Waals surface area contributed by atoms with Crippen molar-refractivity contribution in [3.63, 3.8) is 0 Å². The summed E-state index contributed by atoms with van der Waals surface area (Å²) in [6, 6.07) is 0. The van der Waals surface area contributed by atoms with Gasteiger partial charge >= 0.3 is 0 Å². The van der Waals surface area contributed by atoms with E-state index in [1.807, 2.05) is 0 Å². The van der Waals surface area contributed by atoms with Crippen LogP contribution in [0.15, 0.2) is 0 Å². The van der Waals surface area contributed by atoms with Crippen molar-refractivity contribution in [2.45, 2.75) is 20.3 Å². The fourth-order valence-electron chi connectivity index (χ4n) is 1.81. The van der Waals surface area contributed by atoms with Crippen LogP contribution in [-0.4, -0.2) is 54.9 Å². The zero-order valence-corrected chi connectivity index (χ0v) is 8.75. The number of likely N-dealkylation sites (N-methyl/N-ethyl adjacent to an activating group) is 1. The molecule has 1 aliphatic heterocycles. The average Bonchev–Trinajstić information content (AvgIpc) is 2.29. The first-order valence-corrected chi connectivity index (χ1v) is 5.16. The van der Waals surface area contributed by atoms with Gasteiger partial charge in [-0.15, -0.1) is 0 Å². The maximum atomic E-state index is 10.9. The van der Waals surface area contributed by atoms with E-state index in [0.717, 1.165) is 26.2 Å². The topological polar surface area (TPSA) is 23.6 Å². The molecule has 0 aromatic rings. The minimum absolute atomic E-state index is 0.282. The van der Waals surface area contributed by atoms with E-state index < -0.39 is 0 Å². The van der Waals surface area contributed by atoms with E-state index in [1.54, 1.807) is 6.92 Å². The Kier molecular flexibility index (Phi) is 4.39. The van der Waals surface area contributed by atoms with Gasteiger partial charge in [-0.2, -0.15) is 0 Å². The molecule has 13 heavy (non-hydrogen) atoms. The van der Waals surface area contributed by atoms with E-state index in [4.69, 9.17) is 0 Å². The molecule has 0 aromatic heterocycles. The molecule has 0 spiro atoms. The summed E-state index contributed by atoms with van der Waals surface area (Å²) in [6.45, 7) is 10.1. The van der Waals surface area contributed by atoms with Crippen molar-refractivity contribution in [2.24, 2.45) is 0 Å². The third-order valence-electron chi connectivity index (χ3n) is 2.57. The van der Waals surface area contributed by atoms with Gasteiger partial charge in [-0.05, 0) is 33.0 Å². The molecule has 0 aromatic carbocycles. The third-order valence-corrected chi connectivity index (χ3v) is 2.57. The second kappa shape index (κ2) is 5.35. The van der Waals surface area contributed by atoms with Crippen LogP contribution in [0.1, 0.15) is 20.3 Å². The van der Waals surface area contributed by atoms with Gasteiger partial charge in [0.2, 0.25) is 0 Å². The zero-order chi connectivity index (χ0) is 9.68. The highest BCUT2D eigenvalue weighted by Crippen LogP contribution is 2.02. The van der Waals surface area contributed by atoms with Crippen LogP contribution in [0.4, 0.5) is 0 Å². The van der Waals surface area contributed by atoms with E-state index in [0.29, 0.717) is 6.54 Å². The van der Waals surface area contributed by atoms with Crippen LogP contribution in [0.3, 0.4) is 0 Å². The van der Waals surface area contributed by atoms with E-state index in [-0.39, 0.29) is 5.78 Å². The van der Waals surface area contributed by atoms with Gasteiger partial charge in [-0.1, -0.05) is 6.92 Å². The summed E-state index contributed by atoms with van der Waals surface area (Å²) < 4.78 is 0.